The van der Waals surface area contributed by atoms with E-state index in [0.29, 0.717) is 30.7 Å². The zero-order chi connectivity index (χ0) is 22.8. The number of fused-ring (bicyclic) bond motifs is 2. The van der Waals surface area contributed by atoms with Gasteiger partial charge in [0.15, 0.2) is 11.3 Å². The lowest BCUT2D eigenvalue weighted by molar-refractivity contribution is 0.0513. The lowest BCUT2D eigenvalue weighted by Gasteiger charge is -2.27. The molecule has 1 aliphatic heterocycles. The second kappa shape index (κ2) is 8.85. The van der Waals surface area contributed by atoms with Crippen molar-refractivity contribution in [1.29, 1.82) is 0 Å². The minimum absolute atomic E-state index is 0.166. The van der Waals surface area contributed by atoms with E-state index in [4.69, 9.17) is 4.74 Å². The van der Waals surface area contributed by atoms with Gasteiger partial charge in [0, 0.05) is 43.2 Å². The van der Waals surface area contributed by atoms with Gasteiger partial charge in [-0.3, -0.25) is 9.48 Å². The zero-order valence-corrected chi connectivity index (χ0v) is 18.3. The molecule has 0 saturated carbocycles. The summed E-state index contributed by atoms with van der Waals surface area (Å²) in [6, 6.07) is 11.9. The molecule has 9 heteroatoms. The van der Waals surface area contributed by atoms with Crippen LogP contribution in [0.15, 0.2) is 55.0 Å². The van der Waals surface area contributed by atoms with Gasteiger partial charge in [0.1, 0.15) is 5.56 Å². The van der Waals surface area contributed by atoms with E-state index in [1.165, 1.54) is 11.8 Å². The number of nitrogens with zero attached hydrogens (tertiary/aromatic N) is 6. The Bertz CT molecular complexity index is 1310. The van der Waals surface area contributed by atoms with E-state index in [2.05, 4.69) is 27.3 Å². The Balaban J connectivity index is 1.43. The third kappa shape index (κ3) is 3.97. The quantitative estimate of drug-likeness (QED) is 0.424. The molecule has 0 bridgehead atoms. The SMILES string of the molecule is CCOC(=O)c1nn(CCc2ccccc2)c2c1CN(C(=O)c1cnn3cccnc13)CC2. The number of aromatic nitrogens is 5. The van der Waals surface area contributed by atoms with Crippen molar-refractivity contribution in [2.45, 2.75) is 32.9 Å². The van der Waals surface area contributed by atoms with Gasteiger partial charge in [-0.2, -0.15) is 10.2 Å². The van der Waals surface area contributed by atoms with E-state index >= 15 is 0 Å². The Morgan fingerprint density at radius 1 is 1.15 bits per heavy atom. The molecule has 4 aromatic rings. The van der Waals surface area contributed by atoms with Gasteiger partial charge in [0.05, 0.1) is 19.3 Å². The highest BCUT2D eigenvalue weighted by Gasteiger charge is 2.32. The van der Waals surface area contributed by atoms with Crippen LogP contribution in [0, 0.1) is 0 Å². The molecule has 0 unspecified atom stereocenters. The second-order valence-electron chi connectivity index (χ2n) is 7.88. The molecule has 5 rings (SSSR count). The van der Waals surface area contributed by atoms with Crippen LogP contribution in [0.1, 0.15) is 44.6 Å². The smallest absolute Gasteiger partial charge is 0.359 e. The fourth-order valence-electron chi connectivity index (χ4n) is 4.24. The highest BCUT2D eigenvalue weighted by molar-refractivity contribution is 6.00. The summed E-state index contributed by atoms with van der Waals surface area (Å²) in [6.07, 6.45) is 6.33. The van der Waals surface area contributed by atoms with Gasteiger partial charge in [0.2, 0.25) is 0 Å². The Kier molecular flexibility index (Phi) is 5.60. The molecule has 0 atom stereocenters. The number of hydrogen-bond donors (Lipinski definition) is 0. The van der Waals surface area contributed by atoms with Crippen LogP contribution in [0.5, 0.6) is 0 Å². The van der Waals surface area contributed by atoms with Gasteiger partial charge in [0.25, 0.3) is 5.91 Å². The van der Waals surface area contributed by atoms with E-state index < -0.39 is 5.97 Å². The van der Waals surface area contributed by atoms with Crippen LogP contribution in [0.4, 0.5) is 0 Å². The largest absolute Gasteiger partial charge is 0.461 e. The first-order valence-electron chi connectivity index (χ1n) is 11.0. The van der Waals surface area contributed by atoms with Crippen molar-refractivity contribution in [3.8, 4) is 0 Å². The molecule has 0 aliphatic carbocycles. The number of ether oxygens (including phenoxy) is 1. The van der Waals surface area contributed by atoms with E-state index in [-0.39, 0.29) is 24.8 Å². The Morgan fingerprint density at radius 3 is 2.82 bits per heavy atom. The van der Waals surface area contributed by atoms with Gasteiger partial charge in [-0.15, -0.1) is 0 Å². The molecule has 4 heterocycles. The second-order valence-corrected chi connectivity index (χ2v) is 7.88. The van der Waals surface area contributed by atoms with Crippen molar-refractivity contribution in [3.63, 3.8) is 0 Å². The van der Waals surface area contributed by atoms with Crippen molar-refractivity contribution < 1.29 is 14.3 Å². The fraction of sp³-hybridized carbons (Fsp3) is 0.292. The summed E-state index contributed by atoms with van der Waals surface area (Å²) in [5.74, 6) is -0.625. The Labute approximate surface area is 190 Å². The molecule has 1 amide bonds. The molecule has 0 fully saturated rings. The number of aryl methyl sites for hydroxylation is 2. The Hall–Kier alpha value is -4.01. The average molecular weight is 444 g/mol. The van der Waals surface area contributed by atoms with E-state index in [1.54, 1.807) is 34.8 Å². The van der Waals surface area contributed by atoms with Crippen LogP contribution >= 0.6 is 0 Å². The van der Waals surface area contributed by atoms with Crippen molar-refractivity contribution in [2.24, 2.45) is 0 Å². The predicted octanol–water partition coefficient (Wildman–Crippen LogP) is 2.54. The first kappa shape index (κ1) is 20.9. The van der Waals surface area contributed by atoms with Crippen molar-refractivity contribution in [1.82, 2.24) is 29.3 Å². The molecule has 1 aliphatic rings. The number of rotatable bonds is 6. The maximum atomic E-state index is 13.3. The fourth-order valence-corrected chi connectivity index (χ4v) is 4.24. The summed E-state index contributed by atoms with van der Waals surface area (Å²) >= 11 is 0. The van der Waals surface area contributed by atoms with Crippen LogP contribution in [-0.4, -0.2) is 54.3 Å². The van der Waals surface area contributed by atoms with Crippen molar-refractivity contribution in [2.75, 3.05) is 13.2 Å². The van der Waals surface area contributed by atoms with Crippen LogP contribution in [0.2, 0.25) is 0 Å². The van der Waals surface area contributed by atoms with Gasteiger partial charge in [-0.1, -0.05) is 30.3 Å². The van der Waals surface area contributed by atoms with Gasteiger partial charge in [-0.25, -0.2) is 14.3 Å². The molecule has 0 radical (unpaired) electrons. The van der Waals surface area contributed by atoms with Crippen molar-refractivity contribution in [3.05, 3.63) is 83.1 Å². The summed E-state index contributed by atoms with van der Waals surface area (Å²) in [4.78, 5) is 32.0. The molecule has 0 spiro atoms. The van der Waals surface area contributed by atoms with Crippen molar-refractivity contribution >= 4 is 17.5 Å². The molecule has 33 heavy (non-hydrogen) atoms. The zero-order valence-electron chi connectivity index (χ0n) is 18.3. The number of hydrogen-bond acceptors (Lipinski definition) is 6. The normalized spacial score (nSPS) is 13.2. The minimum Gasteiger partial charge on any atom is -0.461 e. The lowest BCUT2D eigenvalue weighted by Crippen LogP contribution is -2.37. The maximum Gasteiger partial charge on any atom is 0.359 e. The molecule has 3 aromatic heterocycles. The molecule has 9 nitrogen and oxygen atoms in total. The standard InChI is InChI=1S/C24H24N6O3/c1-2-33-24(32)21-19-16-28(23(31)18-15-26-30-12-6-11-25-22(18)30)13-10-20(19)29(27-21)14-9-17-7-4-3-5-8-17/h3-8,11-12,15H,2,9-10,13-14,16H2,1H3. The number of carbonyl (C=O) groups excluding carboxylic acids is 2. The Morgan fingerprint density at radius 2 is 2.00 bits per heavy atom. The average Bonchev–Trinajstić information content (AvgIpc) is 3.44. The highest BCUT2D eigenvalue weighted by Crippen LogP contribution is 2.26. The monoisotopic (exact) mass is 444 g/mol. The lowest BCUT2D eigenvalue weighted by atomic mass is 10.0. The molecule has 0 saturated heterocycles. The van der Waals surface area contributed by atoms with Crippen LogP contribution in [-0.2, 0) is 30.7 Å². The number of benzene rings is 1. The summed E-state index contributed by atoms with van der Waals surface area (Å²) in [6.45, 7) is 3.50. The molecular formula is C24H24N6O3. The van der Waals surface area contributed by atoms with Crippen LogP contribution < -0.4 is 0 Å². The van der Waals surface area contributed by atoms with Gasteiger partial charge >= 0.3 is 5.97 Å². The highest BCUT2D eigenvalue weighted by atomic mass is 16.5. The van der Waals surface area contributed by atoms with Crippen LogP contribution in [0.25, 0.3) is 5.65 Å². The predicted molar refractivity (Wildman–Crippen MR) is 120 cm³/mol. The first-order valence-corrected chi connectivity index (χ1v) is 11.0. The molecule has 168 valence electrons. The summed E-state index contributed by atoms with van der Waals surface area (Å²) in [7, 11) is 0. The number of esters is 1. The summed E-state index contributed by atoms with van der Waals surface area (Å²) < 4.78 is 8.73. The minimum atomic E-state index is -0.459. The molecule has 1 aromatic carbocycles. The van der Waals surface area contributed by atoms with E-state index in [1.807, 2.05) is 22.9 Å². The summed E-state index contributed by atoms with van der Waals surface area (Å²) in [5, 5.41) is 8.83. The molecule has 0 N–H and O–H groups in total. The third-order valence-electron chi connectivity index (χ3n) is 5.85. The van der Waals surface area contributed by atoms with E-state index in [9.17, 15) is 9.59 Å². The number of amides is 1. The first-order chi connectivity index (χ1) is 16.2. The van der Waals surface area contributed by atoms with Gasteiger partial charge < -0.3 is 9.64 Å². The van der Waals surface area contributed by atoms with Gasteiger partial charge in [-0.05, 0) is 25.0 Å². The molecular weight excluding hydrogens is 420 g/mol. The van der Waals surface area contributed by atoms with Crippen LogP contribution in [0.3, 0.4) is 0 Å². The number of carbonyl (C=O) groups is 2. The maximum absolute atomic E-state index is 13.3. The summed E-state index contributed by atoms with van der Waals surface area (Å²) in [5.41, 5.74) is 4.18. The third-order valence-corrected chi connectivity index (χ3v) is 5.85. The topological polar surface area (TPSA) is 94.6 Å². The van der Waals surface area contributed by atoms with E-state index in [0.717, 1.165) is 17.7 Å².